The van der Waals surface area contributed by atoms with Crippen molar-refractivity contribution in [2.24, 2.45) is 5.92 Å². The van der Waals surface area contributed by atoms with Crippen LogP contribution in [-0.2, 0) is 0 Å². The van der Waals surface area contributed by atoms with Gasteiger partial charge in [0.05, 0.1) is 12.3 Å². The maximum Gasteiger partial charge on any atom is 0.239 e. The van der Waals surface area contributed by atoms with Crippen LogP contribution in [0, 0.1) is 5.92 Å². The van der Waals surface area contributed by atoms with E-state index in [0.717, 1.165) is 24.7 Å². The Morgan fingerprint density at radius 3 is 2.94 bits per heavy atom. The number of nitrogen functional groups attached to an aromatic ring is 1. The summed E-state index contributed by atoms with van der Waals surface area (Å²) in [6.07, 6.45) is 4.65. The Morgan fingerprint density at radius 1 is 1.50 bits per heavy atom. The summed E-state index contributed by atoms with van der Waals surface area (Å²) in [5.41, 5.74) is 6.51. The molecule has 4 nitrogen and oxygen atoms in total. The summed E-state index contributed by atoms with van der Waals surface area (Å²) >= 11 is 1.83. The lowest BCUT2D eigenvalue weighted by molar-refractivity contribution is 0.290. The molecule has 100 valence electrons. The van der Waals surface area contributed by atoms with Gasteiger partial charge in [-0.2, -0.15) is 16.7 Å². The molecule has 1 fully saturated rings. The number of ether oxygens (including phenoxy) is 1. The lowest BCUT2D eigenvalue weighted by atomic mass is 10.3. The predicted molar refractivity (Wildman–Crippen MR) is 78.5 cm³/mol. The van der Waals surface area contributed by atoms with Crippen LogP contribution < -0.4 is 15.4 Å². The third kappa shape index (κ3) is 3.70. The van der Waals surface area contributed by atoms with Crippen LogP contribution in [0.5, 0.6) is 5.88 Å². The van der Waals surface area contributed by atoms with Gasteiger partial charge >= 0.3 is 0 Å². The Morgan fingerprint density at radius 2 is 2.28 bits per heavy atom. The van der Waals surface area contributed by atoms with E-state index in [4.69, 9.17) is 10.5 Å². The Hall–Kier alpha value is -1.10. The average Bonchev–Trinajstić information content (AvgIpc) is 3.19. The van der Waals surface area contributed by atoms with Crippen molar-refractivity contribution in [3.05, 3.63) is 12.1 Å². The lowest BCUT2D eigenvalue weighted by Crippen LogP contribution is -2.21. The fraction of sp³-hybridized carbons (Fsp3) is 0.615. The molecule has 1 aliphatic carbocycles. The van der Waals surface area contributed by atoms with Crippen molar-refractivity contribution < 1.29 is 4.74 Å². The second kappa shape index (κ2) is 6.18. The van der Waals surface area contributed by atoms with Gasteiger partial charge < -0.3 is 15.4 Å². The Kier molecular flexibility index (Phi) is 4.58. The van der Waals surface area contributed by atoms with E-state index < -0.39 is 0 Å². The minimum absolute atomic E-state index is 0.579. The number of aromatic nitrogens is 1. The minimum Gasteiger partial charge on any atom is -0.476 e. The highest BCUT2D eigenvalue weighted by molar-refractivity contribution is 7.98. The molecule has 1 saturated carbocycles. The largest absolute Gasteiger partial charge is 0.476 e. The Balaban J connectivity index is 1.99. The zero-order valence-corrected chi connectivity index (χ0v) is 11.9. The van der Waals surface area contributed by atoms with Crippen LogP contribution in [0.4, 0.5) is 11.5 Å². The topological polar surface area (TPSA) is 51.4 Å². The van der Waals surface area contributed by atoms with E-state index in [-0.39, 0.29) is 0 Å². The second-order valence-corrected chi connectivity index (χ2v) is 5.72. The summed E-state index contributed by atoms with van der Waals surface area (Å²) in [6.45, 7) is 1.72. The molecule has 0 aliphatic heterocycles. The van der Waals surface area contributed by atoms with Gasteiger partial charge in [0, 0.05) is 19.3 Å². The lowest BCUT2D eigenvalue weighted by Gasteiger charge is -2.18. The molecule has 0 unspecified atom stereocenters. The van der Waals surface area contributed by atoms with Gasteiger partial charge in [0.15, 0.2) is 0 Å². The molecule has 5 heteroatoms. The minimum atomic E-state index is 0.579. The summed E-state index contributed by atoms with van der Waals surface area (Å²) < 4.78 is 5.69. The Labute approximate surface area is 113 Å². The SMILES string of the molecule is CSCCN(C)c1ccc(N)c(OCC2CC2)n1. The molecule has 0 amide bonds. The van der Waals surface area contributed by atoms with E-state index in [1.165, 1.54) is 12.8 Å². The monoisotopic (exact) mass is 267 g/mol. The number of thioether (sulfide) groups is 1. The van der Waals surface area contributed by atoms with Gasteiger partial charge in [-0.1, -0.05) is 0 Å². The van der Waals surface area contributed by atoms with Crippen LogP contribution in [0.15, 0.2) is 12.1 Å². The van der Waals surface area contributed by atoms with E-state index in [1.54, 1.807) is 0 Å². The average molecular weight is 267 g/mol. The molecule has 18 heavy (non-hydrogen) atoms. The third-order valence-corrected chi connectivity index (χ3v) is 3.64. The van der Waals surface area contributed by atoms with Crippen LogP contribution in [-0.4, -0.2) is 37.2 Å². The molecule has 0 saturated heterocycles. The molecule has 0 spiro atoms. The number of anilines is 2. The zero-order chi connectivity index (χ0) is 13.0. The molecular formula is C13H21N3OS. The molecular weight excluding hydrogens is 246 g/mol. The Bertz CT molecular complexity index is 396. The van der Waals surface area contributed by atoms with Gasteiger partial charge in [-0.05, 0) is 37.1 Å². The van der Waals surface area contributed by atoms with Crippen molar-refractivity contribution in [2.75, 3.05) is 42.8 Å². The van der Waals surface area contributed by atoms with Gasteiger partial charge in [0.2, 0.25) is 5.88 Å². The zero-order valence-electron chi connectivity index (χ0n) is 11.1. The summed E-state index contributed by atoms with van der Waals surface area (Å²) in [5, 5.41) is 0. The van der Waals surface area contributed by atoms with E-state index >= 15 is 0 Å². The number of hydrogen-bond donors (Lipinski definition) is 1. The first-order valence-corrected chi connectivity index (χ1v) is 7.69. The van der Waals surface area contributed by atoms with Crippen molar-refractivity contribution in [1.82, 2.24) is 4.98 Å². The number of hydrogen-bond acceptors (Lipinski definition) is 5. The van der Waals surface area contributed by atoms with Gasteiger partial charge in [-0.15, -0.1) is 0 Å². The molecule has 0 radical (unpaired) electrons. The van der Waals surface area contributed by atoms with Crippen LogP contribution >= 0.6 is 11.8 Å². The van der Waals surface area contributed by atoms with Crippen LogP contribution in [0.2, 0.25) is 0 Å². The maximum atomic E-state index is 5.89. The molecule has 2 rings (SSSR count). The van der Waals surface area contributed by atoms with Crippen LogP contribution in [0.25, 0.3) is 0 Å². The first-order valence-electron chi connectivity index (χ1n) is 6.30. The van der Waals surface area contributed by atoms with Gasteiger partial charge in [-0.25, -0.2) is 0 Å². The molecule has 1 heterocycles. The summed E-state index contributed by atoms with van der Waals surface area (Å²) in [5.74, 6) is 3.30. The van der Waals surface area contributed by atoms with Crippen LogP contribution in [0.3, 0.4) is 0 Å². The molecule has 1 aromatic rings. The van der Waals surface area contributed by atoms with Gasteiger partial charge in [0.1, 0.15) is 5.82 Å². The number of rotatable bonds is 7. The maximum absolute atomic E-state index is 5.89. The number of nitrogens with two attached hydrogens (primary N) is 1. The highest BCUT2D eigenvalue weighted by atomic mass is 32.2. The van der Waals surface area contributed by atoms with Crippen molar-refractivity contribution >= 4 is 23.3 Å². The quantitative estimate of drug-likeness (QED) is 0.821. The highest BCUT2D eigenvalue weighted by Gasteiger charge is 2.22. The normalized spacial score (nSPS) is 14.6. The van der Waals surface area contributed by atoms with E-state index in [0.29, 0.717) is 17.5 Å². The van der Waals surface area contributed by atoms with Crippen molar-refractivity contribution in [3.8, 4) is 5.88 Å². The molecule has 0 aromatic carbocycles. The molecule has 0 atom stereocenters. The van der Waals surface area contributed by atoms with Gasteiger partial charge in [0.25, 0.3) is 0 Å². The number of pyridine rings is 1. The van der Waals surface area contributed by atoms with Crippen molar-refractivity contribution in [3.63, 3.8) is 0 Å². The highest BCUT2D eigenvalue weighted by Crippen LogP contribution is 2.31. The molecule has 0 bridgehead atoms. The second-order valence-electron chi connectivity index (χ2n) is 4.73. The molecule has 1 aromatic heterocycles. The molecule has 2 N–H and O–H groups in total. The van der Waals surface area contributed by atoms with Crippen LogP contribution in [0.1, 0.15) is 12.8 Å². The number of nitrogens with zero attached hydrogens (tertiary/aromatic N) is 2. The third-order valence-electron chi connectivity index (χ3n) is 3.05. The van der Waals surface area contributed by atoms with Crippen molar-refractivity contribution in [1.29, 1.82) is 0 Å². The fourth-order valence-corrected chi connectivity index (χ4v) is 2.05. The van der Waals surface area contributed by atoms with Gasteiger partial charge in [-0.3, -0.25) is 0 Å². The summed E-state index contributed by atoms with van der Waals surface area (Å²) in [6, 6.07) is 3.82. The predicted octanol–water partition coefficient (Wildman–Crippen LogP) is 2.25. The standard InChI is InChI=1S/C13H21N3OS/c1-16(7-8-18-2)12-6-5-11(14)13(15-12)17-9-10-3-4-10/h5-6,10H,3-4,7-9,14H2,1-2H3. The molecule has 1 aliphatic rings. The van der Waals surface area contributed by atoms with E-state index in [9.17, 15) is 0 Å². The summed E-state index contributed by atoms with van der Waals surface area (Å²) in [4.78, 5) is 6.62. The fourth-order valence-electron chi connectivity index (χ4n) is 1.59. The smallest absolute Gasteiger partial charge is 0.239 e. The van der Waals surface area contributed by atoms with E-state index in [2.05, 4.69) is 16.1 Å². The first kappa shape index (κ1) is 13.3. The summed E-state index contributed by atoms with van der Waals surface area (Å²) in [7, 11) is 2.04. The van der Waals surface area contributed by atoms with E-state index in [1.807, 2.05) is 30.9 Å². The van der Waals surface area contributed by atoms with Crippen molar-refractivity contribution in [2.45, 2.75) is 12.8 Å². The first-order chi connectivity index (χ1) is 8.70.